The lowest BCUT2D eigenvalue weighted by Gasteiger charge is -2.40. The molecule has 5 N–H and O–H groups in total. The minimum Gasteiger partial charge on any atom is -0.394 e. The average Bonchev–Trinajstić information content (AvgIpc) is 2.56. The zero-order chi connectivity index (χ0) is 16.8. The highest BCUT2D eigenvalue weighted by atomic mass is 16.6. The van der Waals surface area contributed by atoms with E-state index in [-0.39, 0.29) is 12.3 Å². The Bertz CT molecular complexity index is 500. The van der Waals surface area contributed by atoms with Crippen LogP contribution in [0.2, 0.25) is 0 Å². The van der Waals surface area contributed by atoms with Crippen LogP contribution in [0.3, 0.4) is 0 Å². The first-order valence-corrected chi connectivity index (χ1v) is 7.57. The van der Waals surface area contributed by atoms with Crippen molar-refractivity contribution in [3.8, 4) is 0 Å². The summed E-state index contributed by atoms with van der Waals surface area (Å²) in [6, 6.07) is 4.56. The molecule has 0 aliphatic carbocycles. The smallest absolute Gasteiger partial charge is 0.220 e. The largest absolute Gasteiger partial charge is 0.394 e. The summed E-state index contributed by atoms with van der Waals surface area (Å²) in [5, 5.41) is 40.9. The van der Waals surface area contributed by atoms with Gasteiger partial charge in [0, 0.05) is 25.0 Å². The Morgan fingerprint density at radius 2 is 1.83 bits per heavy atom. The fraction of sp³-hybridized carbons (Fsp3) is 0.600. The zero-order valence-corrected chi connectivity index (χ0v) is 12.7. The minimum atomic E-state index is -1.49. The number of hydrogen-bond donors (Lipinski definition) is 5. The number of pyridine rings is 1. The van der Waals surface area contributed by atoms with Crippen molar-refractivity contribution in [1.82, 2.24) is 5.32 Å². The summed E-state index contributed by atoms with van der Waals surface area (Å²) in [7, 11) is 0. The lowest BCUT2D eigenvalue weighted by molar-refractivity contribution is -0.697. The maximum atomic E-state index is 11.9. The van der Waals surface area contributed by atoms with Gasteiger partial charge in [-0.15, -0.1) is 0 Å². The molecule has 5 atom stereocenters. The van der Waals surface area contributed by atoms with Gasteiger partial charge in [0.25, 0.3) is 0 Å². The fourth-order valence-electron chi connectivity index (χ4n) is 2.52. The van der Waals surface area contributed by atoms with E-state index in [4.69, 9.17) is 9.84 Å². The van der Waals surface area contributed by atoms with Gasteiger partial charge >= 0.3 is 0 Å². The van der Waals surface area contributed by atoms with Crippen LogP contribution < -0.4 is 9.88 Å². The van der Waals surface area contributed by atoms with Crippen LogP contribution in [-0.4, -0.2) is 63.6 Å². The molecule has 1 saturated heterocycles. The van der Waals surface area contributed by atoms with Gasteiger partial charge in [-0.2, -0.15) is 0 Å². The van der Waals surface area contributed by atoms with Gasteiger partial charge in [-0.1, -0.05) is 6.07 Å². The van der Waals surface area contributed by atoms with Crippen molar-refractivity contribution in [2.24, 2.45) is 0 Å². The number of carbonyl (C=O) groups is 1. The lowest BCUT2D eigenvalue weighted by Crippen LogP contribution is -2.64. The van der Waals surface area contributed by atoms with E-state index in [0.717, 1.165) is 0 Å². The third-order valence-electron chi connectivity index (χ3n) is 3.83. The second-order valence-electron chi connectivity index (χ2n) is 5.54. The molecule has 0 unspecified atom stereocenters. The lowest BCUT2D eigenvalue weighted by atomic mass is 9.97. The minimum absolute atomic E-state index is 0.206. The number of ether oxygens (including phenoxy) is 1. The SMILES string of the molecule is O=C(CCC[n+]1ccccc1)N[C@@H]1[C@@H](O)[C@H](O)[C@@H](CO)O[C@H]1O. The van der Waals surface area contributed by atoms with Gasteiger partial charge in [0.05, 0.1) is 6.61 Å². The third-order valence-corrected chi connectivity index (χ3v) is 3.83. The summed E-state index contributed by atoms with van der Waals surface area (Å²) in [4.78, 5) is 11.9. The highest BCUT2D eigenvalue weighted by Crippen LogP contribution is 2.19. The molecular formula is C15H23N2O6+. The summed E-state index contributed by atoms with van der Waals surface area (Å²) in [6.45, 7) is 0.125. The Morgan fingerprint density at radius 1 is 1.13 bits per heavy atom. The molecule has 0 aromatic carbocycles. The van der Waals surface area contributed by atoms with E-state index in [9.17, 15) is 20.1 Å². The van der Waals surface area contributed by atoms with Crippen LogP contribution in [0.15, 0.2) is 30.6 Å². The molecule has 1 fully saturated rings. The maximum absolute atomic E-state index is 11.9. The van der Waals surface area contributed by atoms with Crippen LogP contribution in [0, 0.1) is 0 Å². The quantitative estimate of drug-likeness (QED) is 0.374. The van der Waals surface area contributed by atoms with Crippen molar-refractivity contribution in [3.63, 3.8) is 0 Å². The van der Waals surface area contributed by atoms with E-state index >= 15 is 0 Å². The number of amides is 1. The van der Waals surface area contributed by atoms with E-state index in [1.165, 1.54) is 0 Å². The fourth-order valence-corrected chi connectivity index (χ4v) is 2.52. The number of carbonyl (C=O) groups excluding carboxylic acids is 1. The van der Waals surface area contributed by atoms with Crippen LogP contribution in [-0.2, 0) is 16.1 Å². The van der Waals surface area contributed by atoms with Gasteiger partial charge < -0.3 is 30.5 Å². The summed E-state index contributed by atoms with van der Waals surface area (Å²) < 4.78 is 6.92. The Labute approximate surface area is 134 Å². The molecule has 0 saturated carbocycles. The van der Waals surface area contributed by atoms with Gasteiger partial charge in [-0.3, -0.25) is 4.79 Å². The normalized spacial score (nSPS) is 30.9. The molecule has 0 spiro atoms. The maximum Gasteiger partial charge on any atom is 0.220 e. The van der Waals surface area contributed by atoms with E-state index in [0.29, 0.717) is 13.0 Å². The third kappa shape index (κ3) is 4.69. The molecule has 128 valence electrons. The number of aliphatic hydroxyl groups excluding tert-OH is 4. The Hall–Kier alpha value is -1.58. The van der Waals surface area contributed by atoms with Crippen molar-refractivity contribution in [2.45, 2.75) is 50.0 Å². The second kappa shape index (κ2) is 8.32. The van der Waals surface area contributed by atoms with Gasteiger partial charge in [0.15, 0.2) is 18.7 Å². The van der Waals surface area contributed by atoms with Crippen LogP contribution in [0.1, 0.15) is 12.8 Å². The molecule has 8 nitrogen and oxygen atoms in total. The second-order valence-corrected chi connectivity index (χ2v) is 5.54. The Kier molecular flexibility index (Phi) is 6.43. The first-order valence-electron chi connectivity index (χ1n) is 7.57. The number of nitrogens with one attached hydrogen (secondary N) is 1. The predicted molar refractivity (Wildman–Crippen MR) is 77.8 cm³/mol. The Balaban J connectivity index is 1.80. The van der Waals surface area contributed by atoms with E-state index in [1.807, 2.05) is 35.2 Å². The number of rotatable bonds is 6. The van der Waals surface area contributed by atoms with Crippen molar-refractivity contribution >= 4 is 5.91 Å². The molecule has 1 aliphatic rings. The summed E-state index contributed by atoms with van der Waals surface area (Å²) in [6.07, 6.45) is -0.783. The van der Waals surface area contributed by atoms with Crippen LogP contribution in [0.5, 0.6) is 0 Å². The Morgan fingerprint density at radius 3 is 2.48 bits per heavy atom. The molecule has 1 amide bonds. The topological polar surface area (TPSA) is 123 Å². The van der Waals surface area contributed by atoms with Gasteiger partial charge in [0.1, 0.15) is 30.9 Å². The molecular weight excluding hydrogens is 304 g/mol. The van der Waals surface area contributed by atoms with Gasteiger partial charge in [-0.05, 0) is 0 Å². The number of aliphatic hydroxyl groups is 4. The van der Waals surface area contributed by atoms with E-state index < -0.39 is 37.3 Å². The molecule has 1 aromatic rings. The number of hydrogen-bond acceptors (Lipinski definition) is 6. The molecule has 8 heteroatoms. The molecule has 2 rings (SSSR count). The monoisotopic (exact) mass is 327 g/mol. The molecule has 2 heterocycles. The summed E-state index contributed by atoms with van der Waals surface area (Å²) in [5.74, 6) is -0.358. The van der Waals surface area contributed by atoms with Crippen LogP contribution in [0.4, 0.5) is 0 Å². The molecule has 0 radical (unpaired) electrons. The molecule has 1 aliphatic heterocycles. The predicted octanol–water partition coefficient (Wildman–Crippen LogP) is -2.33. The summed E-state index contributed by atoms with van der Waals surface area (Å²) >= 11 is 0. The van der Waals surface area contributed by atoms with Crippen LogP contribution >= 0.6 is 0 Å². The van der Waals surface area contributed by atoms with Crippen molar-refractivity contribution in [1.29, 1.82) is 0 Å². The zero-order valence-electron chi connectivity index (χ0n) is 12.7. The summed E-state index contributed by atoms with van der Waals surface area (Å²) in [5.41, 5.74) is 0. The first-order chi connectivity index (χ1) is 11.0. The van der Waals surface area contributed by atoms with Gasteiger partial charge in [-0.25, -0.2) is 4.57 Å². The van der Waals surface area contributed by atoms with Crippen molar-refractivity contribution in [3.05, 3.63) is 30.6 Å². The van der Waals surface area contributed by atoms with E-state index in [2.05, 4.69) is 5.32 Å². The molecule has 23 heavy (non-hydrogen) atoms. The van der Waals surface area contributed by atoms with Crippen LogP contribution in [0.25, 0.3) is 0 Å². The molecule has 0 bridgehead atoms. The average molecular weight is 327 g/mol. The van der Waals surface area contributed by atoms with Gasteiger partial charge in [0.2, 0.25) is 5.91 Å². The highest BCUT2D eigenvalue weighted by molar-refractivity contribution is 5.76. The number of aromatic nitrogens is 1. The first kappa shape index (κ1) is 17.8. The highest BCUT2D eigenvalue weighted by Gasteiger charge is 2.44. The van der Waals surface area contributed by atoms with Crippen molar-refractivity contribution in [2.75, 3.05) is 6.61 Å². The van der Waals surface area contributed by atoms with E-state index in [1.54, 1.807) is 0 Å². The number of aryl methyl sites for hydroxylation is 1. The standard InChI is InChI=1S/C15H22N2O6/c18-9-10-13(20)14(21)12(15(22)23-10)16-11(19)5-4-8-17-6-2-1-3-7-17/h1-3,6-7,10,12-15,18,20-22H,4-5,8-9H2/p+1/t10-,12-,13-,14-,15-/m1/s1. The van der Waals surface area contributed by atoms with Crippen molar-refractivity contribution < 1.29 is 34.5 Å². The molecule has 1 aromatic heterocycles. The number of nitrogens with zero attached hydrogens (tertiary/aromatic N) is 1.